The van der Waals surface area contributed by atoms with Gasteiger partial charge in [-0.15, -0.1) is 0 Å². The maximum Gasteiger partial charge on any atom is 0.255 e. The van der Waals surface area contributed by atoms with Crippen LogP contribution in [0.3, 0.4) is 0 Å². The number of nitrogens with one attached hydrogen (secondary N) is 2. The normalized spacial score (nSPS) is 12.8. The van der Waals surface area contributed by atoms with E-state index in [9.17, 15) is 9.90 Å². The van der Waals surface area contributed by atoms with Crippen LogP contribution >= 0.6 is 11.6 Å². The lowest BCUT2D eigenvalue weighted by Crippen LogP contribution is -2.35. The molecule has 0 aromatic heterocycles. The quantitative estimate of drug-likeness (QED) is 0.220. The number of para-hydroxylation sites is 1. The van der Waals surface area contributed by atoms with E-state index in [4.69, 9.17) is 22.7 Å². The zero-order chi connectivity index (χ0) is 23.4. The molecule has 2 unspecified atom stereocenters. The summed E-state index contributed by atoms with van der Waals surface area (Å²) in [6.45, 7) is 0.206. The van der Waals surface area contributed by atoms with Gasteiger partial charge < -0.3 is 16.2 Å². The zero-order valence-corrected chi connectivity index (χ0v) is 18.6. The van der Waals surface area contributed by atoms with Crippen LogP contribution in [0.1, 0.15) is 33.3 Å². The number of fused-ring (bicyclic) bond motifs is 1. The molecule has 5 nitrogen and oxygen atoms in total. The second-order valence-electron chi connectivity index (χ2n) is 7.89. The van der Waals surface area contributed by atoms with E-state index in [1.807, 2.05) is 54.6 Å². The third kappa shape index (κ3) is 4.83. The molecule has 1 amide bonds. The fourth-order valence-corrected chi connectivity index (χ4v) is 4.47. The van der Waals surface area contributed by atoms with Gasteiger partial charge in [-0.05, 0) is 46.2 Å². The van der Waals surface area contributed by atoms with E-state index < -0.39 is 11.8 Å². The molecule has 4 rings (SSSR count). The Morgan fingerprint density at radius 1 is 0.970 bits per heavy atom. The Morgan fingerprint density at radius 3 is 2.42 bits per heavy atom. The molecule has 0 bridgehead atoms. The van der Waals surface area contributed by atoms with Crippen LogP contribution in [0.15, 0.2) is 91.0 Å². The number of amides is 1. The summed E-state index contributed by atoms with van der Waals surface area (Å²) in [7, 11) is 0. The van der Waals surface area contributed by atoms with Crippen molar-refractivity contribution in [3.8, 4) is 5.75 Å². The maximum atomic E-state index is 12.9. The number of aromatic hydroxyl groups is 1. The Balaban J connectivity index is 1.78. The zero-order valence-electron chi connectivity index (χ0n) is 17.8. The van der Waals surface area contributed by atoms with Crippen LogP contribution in [-0.2, 0) is 0 Å². The van der Waals surface area contributed by atoms with Crippen LogP contribution in [0.2, 0.25) is 5.02 Å². The summed E-state index contributed by atoms with van der Waals surface area (Å²) < 4.78 is 0. The van der Waals surface area contributed by atoms with Gasteiger partial charge in [0.05, 0.1) is 11.4 Å². The summed E-state index contributed by atoms with van der Waals surface area (Å²) in [6.07, 6.45) is 0. The number of carbonyl (C=O) groups excluding carboxylic acids is 1. The van der Waals surface area contributed by atoms with Gasteiger partial charge in [0.1, 0.15) is 5.75 Å². The van der Waals surface area contributed by atoms with Gasteiger partial charge in [0.15, 0.2) is 0 Å². The summed E-state index contributed by atoms with van der Waals surface area (Å²) in [4.78, 5) is 12.9. The number of hydrogen-bond acceptors (Lipinski definition) is 3. The highest BCUT2D eigenvalue weighted by atomic mass is 35.5. The molecule has 5 N–H and O–H groups in total. The van der Waals surface area contributed by atoms with Gasteiger partial charge in [-0.25, -0.2) is 0 Å². The molecular formula is C27H24ClN3O2. The van der Waals surface area contributed by atoms with Crippen molar-refractivity contribution in [2.45, 2.75) is 11.8 Å². The Morgan fingerprint density at radius 2 is 1.67 bits per heavy atom. The van der Waals surface area contributed by atoms with Crippen LogP contribution in [0.4, 0.5) is 0 Å². The van der Waals surface area contributed by atoms with Gasteiger partial charge in [0, 0.05) is 23.4 Å². The fourth-order valence-electron chi connectivity index (χ4n) is 4.27. The minimum atomic E-state index is -0.515. The number of hydrogen-bond donors (Lipinski definition) is 4. The highest BCUT2D eigenvalue weighted by Crippen LogP contribution is 2.37. The third-order valence-corrected chi connectivity index (χ3v) is 6.03. The largest absolute Gasteiger partial charge is 0.507 e. The van der Waals surface area contributed by atoms with Gasteiger partial charge >= 0.3 is 0 Å². The molecule has 0 fully saturated rings. The van der Waals surface area contributed by atoms with Crippen molar-refractivity contribution in [3.05, 3.63) is 113 Å². The predicted octanol–water partition coefficient (Wildman–Crippen LogP) is 5.43. The Bertz CT molecular complexity index is 1320. The van der Waals surface area contributed by atoms with Gasteiger partial charge in [-0.1, -0.05) is 78.3 Å². The Hall–Kier alpha value is -3.83. The van der Waals surface area contributed by atoms with E-state index in [1.54, 1.807) is 30.3 Å². The summed E-state index contributed by atoms with van der Waals surface area (Å²) in [5.41, 5.74) is 8.08. The molecule has 0 spiro atoms. The topological polar surface area (TPSA) is 99.2 Å². The molecule has 0 aliphatic rings. The Labute approximate surface area is 197 Å². The van der Waals surface area contributed by atoms with E-state index in [2.05, 4.69) is 5.32 Å². The number of carbonyl (C=O) groups is 1. The van der Waals surface area contributed by atoms with Crippen molar-refractivity contribution >= 4 is 34.1 Å². The van der Waals surface area contributed by atoms with Crippen LogP contribution in [-0.4, -0.2) is 23.4 Å². The minimum Gasteiger partial charge on any atom is -0.507 e. The van der Waals surface area contributed by atoms with Crippen LogP contribution in [0.25, 0.3) is 10.8 Å². The molecule has 0 saturated carbocycles. The van der Waals surface area contributed by atoms with Crippen molar-refractivity contribution < 1.29 is 9.90 Å². The predicted molar refractivity (Wildman–Crippen MR) is 133 cm³/mol. The van der Waals surface area contributed by atoms with E-state index in [-0.39, 0.29) is 29.6 Å². The second kappa shape index (κ2) is 9.76. The molecule has 0 aliphatic carbocycles. The third-order valence-electron chi connectivity index (χ3n) is 5.80. The number of phenols is 1. The first-order valence-electron chi connectivity index (χ1n) is 10.6. The van der Waals surface area contributed by atoms with Crippen molar-refractivity contribution in [1.82, 2.24) is 5.32 Å². The standard InChI is InChI=1S/C27H24ClN3O2/c28-19-10-5-9-18(15-19)25(26(29)30)23(16-31-27(33)22-12-3-4-14-24(22)32)21-13-6-8-17-7-1-2-11-20(17)21/h1-15,23,25,32H,16H2,(H3,29,30)(H,31,33). The molecule has 0 saturated heterocycles. The molecule has 6 heteroatoms. The monoisotopic (exact) mass is 457 g/mol. The van der Waals surface area contributed by atoms with Crippen molar-refractivity contribution in [2.24, 2.45) is 5.73 Å². The average molecular weight is 458 g/mol. The van der Waals surface area contributed by atoms with Crippen LogP contribution in [0, 0.1) is 5.41 Å². The summed E-state index contributed by atoms with van der Waals surface area (Å²) >= 11 is 6.26. The SMILES string of the molecule is N=C(N)C(c1cccc(Cl)c1)C(CNC(=O)c1ccccc1O)c1cccc2ccccc12. The van der Waals surface area contributed by atoms with E-state index in [0.717, 1.165) is 21.9 Å². The summed E-state index contributed by atoms with van der Waals surface area (Å²) in [5.74, 6) is -1.37. The number of benzene rings is 4. The van der Waals surface area contributed by atoms with Crippen LogP contribution in [0.5, 0.6) is 5.75 Å². The molecule has 2 atom stereocenters. The van der Waals surface area contributed by atoms with E-state index in [0.29, 0.717) is 5.02 Å². The van der Waals surface area contributed by atoms with Crippen molar-refractivity contribution in [3.63, 3.8) is 0 Å². The van der Waals surface area contributed by atoms with E-state index in [1.165, 1.54) is 6.07 Å². The summed E-state index contributed by atoms with van der Waals surface area (Å²) in [5, 5.41) is 24.1. The van der Waals surface area contributed by atoms with Crippen molar-refractivity contribution in [1.29, 1.82) is 5.41 Å². The molecule has 33 heavy (non-hydrogen) atoms. The van der Waals surface area contributed by atoms with Gasteiger partial charge in [-0.2, -0.15) is 0 Å². The van der Waals surface area contributed by atoms with Gasteiger partial charge in [-0.3, -0.25) is 10.2 Å². The molecule has 4 aromatic carbocycles. The fraction of sp³-hybridized carbons (Fsp3) is 0.111. The van der Waals surface area contributed by atoms with Crippen molar-refractivity contribution in [2.75, 3.05) is 6.54 Å². The average Bonchev–Trinajstić information content (AvgIpc) is 2.81. The lowest BCUT2D eigenvalue weighted by Gasteiger charge is -2.29. The highest BCUT2D eigenvalue weighted by molar-refractivity contribution is 6.30. The first-order valence-corrected chi connectivity index (χ1v) is 11.0. The molecule has 166 valence electrons. The molecule has 0 radical (unpaired) electrons. The maximum absolute atomic E-state index is 12.9. The number of amidine groups is 1. The first kappa shape index (κ1) is 22.4. The number of halogens is 1. The molecule has 4 aromatic rings. The number of phenolic OH excluding ortho intramolecular Hbond substituents is 1. The smallest absolute Gasteiger partial charge is 0.255 e. The lowest BCUT2D eigenvalue weighted by molar-refractivity contribution is 0.0948. The number of rotatable bonds is 7. The first-order chi connectivity index (χ1) is 16.0. The van der Waals surface area contributed by atoms with Gasteiger partial charge in [0.25, 0.3) is 5.91 Å². The Kier molecular flexibility index (Phi) is 6.61. The second-order valence-corrected chi connectivity index (χ2v) is 8.33. The number of nitrogens with two attached hydrogens (primary N) is 1. The van der Waals surface area contributed by atoms with E-state index >= 15 is 0 Å². The molecule has 0 aliphatic heterocycles. The van der Waals surface area contributed by atoms with Gasteiger partial charge in [0.2, 0.25) is 0 Å². The molecule has 0 heterocycles. The lowest BCUT2D eigenvalue weighted by atomic mass is 9.79. The summed E-state index contributed by atoms with van der Waals surface area (Å²) in [6, 6.07) is 27.7. The van der Waals surface area contributed by atoms with Crippen LogP contribution < -0.4 is 11.1 Å². The minimum absolute atomic E-state index is 0.0213. The highest BCUT2D eigenvalue weighted by Gasteiger charge is 2.29. The molecular weight excluding hydrogens is 434 g/mol.